The molecule has 0 heterocycles. The summed E-state index contributed by atoms with van der Waals surface area (Å²) in [5.41, 5.74) is 2.52. The second-order valence-corrected chi connectivity index (χ2v) is 2.53. The van der Waals surface area contributed by atoms with Crippen LogP contribution in [0.25, 0.3) is 0 Å². The minimum atomic E-state index is 0.499. The summed E-state index contributed by atoms with van der Waals surface area (Å²) >= 11 is 0. The maximum atomic E-state index is 7.03. The second kappa shape index (κ2) is 3.67. The highest BCUT2D eigenvalue weighted by molar-refractivity contribution is 6.37. The molecule has 0 aliphatic carbocycles. The number of nitrogens with two attached hydrogens (primary N) is 1. The van der Waals surface area contributed by atoms with Crippen LogP contribution in [0.3, 0.4) is 0 Å². The summed E-state index contributed by atoms with van der Waals surface area (Å²) in [6.07, 6.45) is 1.15. The Balaban J connectivity index is 3.10. The molecule has 0 spiro atoms. The predicted octanol–water partition coefficient (Wildman–Crippen LogP) is 1.31. The molecule has 3 heteroatoms. The molecule has 0 radical (unpaired) electrons. The minimum Gasteiger partial charge on any atom is -0.323 e. The largest absolute Gasteiger partial charge is 0.323 e. The van der Waals surface area contributed by atoms with E-state index in [0.29, 0.717) is 5.71 Å². The van der Waals surface area contributed by atoms with Gasteiger partial charge in [-0.1, -0.05) is 23.8 Å². The van der Waals surface area contributed by atoms with Gasteiger partial charge in [0.15, 0.2) is 0 Å². The first kappa shape index (κ1) is 8.46. The van der Waals surface area contributed by atoms with Crippen LogP contribution in [-0.2, 0) is 0 Å². The van der Waals surface area contributed by atoms with E-state index >= 15 is 0 Å². The SMILES string of the molecule is Cc1cccc(/C(C=N)=N/N)c1. The molecular formula is C9H11N3. The monoisotopic (exact) mass is 161 g/mol. The lowest BCUT2D eigenvalue weighted by atomic mass is 10.1. The van der Waals surface area contributed by atoms with E-state index in [1.165, 1.54) is 0 Å². The standard InChI is InChI=1S/C9H11N3/c1-7-3-2-4-8(5-7)9(6-10)12-11/h2-6,10H,11H2,1H3/b10-6?,12-9+. The van der Waals surface area contributed by atoms with Crippen LogP contribution in [0, 0.1) is 12.3 Å². The molecule has 0 fully saturated rings. The molecule has 0 amide bonds. The Hall–Kier alpha value is -1.64. The summed E-state index contributed by atoms with van der Waals surface area (Å²) in [6.45, 7) is 1.99. The van der Waals surface area contributed by atoms with E-state index in [1.807, 2.05) is 31.2 Å². The van der Waals surface area contributed by atoms with Gasteiger partial charge in [0.2, 0.25) is 0 Å². The van der Waals surface area contributed by atoms with Crippen LogP contribution >= 0.6 is 0 Å². The number of hydrazone groups is 1. The Labute approximate surface area is 71.4 Å². The molecule has 1 aromatic carbocycles. The molecular weight excluding hydrogens is 150 g/mol. The van der Waals surface area contributed by atoms with Gasteiger partial charge in [0.25, 0.3) is 0 Å². The smallest absolute Gasteiger partial charge is 0.107 e. The van der Waals surface area contributed by atoms with E-state index in [4.69, 9.17) is 11.3 Å². The van der Waals surface area contributed by atoms with Gasteiger partial charge in [-0.2, -0.15) is 5.10 Å². The fourth-order valence-electron chi connectivity index (χ4n) is 1.000. The van der Waals surface area contributed by atoms with E-state index in [-0.39, 0.29) is 0 Å². The summed E-state index contributed by atoms with van der Waals surface area (Å²) in [5.74, 6) is 5.10. The summed E-state index contributed by atoms with van der Waals surface area (Å²) in [7, 11) is 0. The van der Waals surface area contributed by atoms with Crippen molar-refractivity contribution >= 4 is 11.9 Å². The summed E-state index contributed by atoms with van der Waals surface area (Å²) < 4.78 is 0. The van der Waals surface area contributed by atoms with Crippen molar-refractivity contribution in [1.82, 2.24) is 0 Å². The van der Waals surface area contributed by atoms with Gasteiger partial charge < -0.3 is 11.3 Å². The van der Waals surface area contributed by atoms with Crippen LogP contribution < -0.4 is 5.84 Å². The average Bonchev–Trinajstić information content (AvgIpc) is 2.07. The Morgan fingerprint density at radius 1 is 1.58 bits per heavy atom. The molecule has 0 saturated heterocycles. The molecule has 62 valence electrons. The van der Waals surface area contributed by atoms with Crippen LogP contribution in [-0.4, -0.2) is 11.9 Å². The normalized spacial score (nSPS) is 11.2. The van der Waals surface area contributed by atoms with Gasteiger partial charge in [0, 0.05) is 11.8 Å². The number of rotatable bonds is 2. The fourth-order valence-corrected chi connectivity index (χ4v) is 1.000. The van der Waals surface area contributed by atoms with Crippen molar-refractivity contribution in [2.75, 3.05) is 0 Å². The van der Waals surface area contributed by atoms with Crippen molar-refractivity contribution in [2.24, 2.45) is 10.9 Å². The highest BCUT2D eigenvalue weighted by Crippen LogP contribution is 2.03. The van der Waals surface area contributed by atoms with Gasteiger partial charge in [0.05, 0.1) is 0 Å². The summed E-state index contributed by atoms with van der Waals surface area (Å²) in [6, 6.07) is 7.72. The predicted molar refractivity (Wildman–Crippen MR) is 50.7 cm³/mol. The van der Waals surface area contributed by atoms with Gasteiger partial charge in [0.1, 0.15) is 5.71 Å². The zero-order valence-electron chi connectivity index (χ0n) is 6.91. The van der Waals surface area contributed by atoms with Crippen molar-refractivity contribution in [1.29, 1.82) is 5.41 Å². The molecule has 0 bridgehead atoms. The topological polar surface area (TPSA) is 62.2 Å². The van der Waals surface area contributed by atoms with Crippen molar-refractivity contribution in [3.05, 3.63) is 35.4 Å². The highest BCUT2D eigenvalue weighted by atomic mass is 15.1. The molecule has 0 atom stereocenters. The number of hydrogen-bond donors (Lipinski definition) is 2. The Morgan fingerprint density at radius 2 is 2.33 bits per heavy atom. The first-order valence-corrected chi connectivity index (χ1v) is 3.63. The third kappa shape index (κ3) is 1.69. The summed E-state index contributed by atoms with van der Waals surface area (Å²) in [5, 5.41) is 10.5. The third-order valence-electron chi connectivity index (χ3n) is 1.59. The molecule has 0 aromatic heterocycles. The Kier molecular flexibility index (Phi) is 2.58. The first-order valence-electron chi connectivity index (χ1n) is 3.63. The van der Waals surface area contributed by atoms with Crippen LogP contribution in [0.15, 0.2) is 29.4 Å². The Morgan fingerprint density at radius 3 is 2.83 bits per heavy atom. The maximum Gasteiger partial charge on any atom is 0.107 e. The van der Waals surface area contributed by atoms with E-state index in [1.54, 1.807) is 0 Å². The number of aryl methyl sites for hydroxylation is 1. The molecule has 3 nitrogen and oxygen atoms in total. The molecule has 0 unspecified atom stereocenters. The molecule has 1 aromatic rings. The molecule has 0 aliphatic heterocycles. The number of hydrogen-bond acceptors (Lipinski definition) is 3. The maximum absolute atomic E-state index is 7.03. The van der Waals surface area contributed by atoms with Gasteiger partial charge in [-0.3, -0.25) is 0 Å². The molecule has 0 saturated carbocycles. The van der Waals surface area contributed by atoms with Gasteiger partial charge in [-0.25, -0.2) is 0 Å². The highest BCUT2D eigenvalue weighted by Gasteiger charge is 1.98. The number of nitrogens with one attached hydrogen (secondary N) is 1. The molecule has 3 N–H and O–H groups in total. The quantitative estimate of drug-likeness (QED) is 0.383. The number of nitrogens with zero attached hydrogens (tertiary/aromatic N) is 1. The van der Waals surface area contributed by atoms with Crippen molar-refractivity contribution < 1.29 is 0 Å². The zero-order chi connectivity index (χ0) is 8.97. The van der Waals surface area contributed by atoms with E-state index in [0.717, 1.165) is 17.3 Å². The lowest BCUT2D eigenvalue weighted by Gasteiger charge is -1.99. The second-order valence-electron chi connectivity index (χ2n) is 2.53. The van der Waals surface area contributed by atoms with Crippen LogP contribution in [0.5, 0.6) is 0 Å². The van der Waals surface area contributed by atoms with Crippen molar-refractivity contribution in [3.63, 3.8) is 0 Å². The average molecular weight is 161 g/mol. The van der Waals surface area contributed by atoms with Crippen LogP contribution in [0.1, 0.15) is 11.1 Å². The molecule has 0 aliphatic rings. The Bertz CT molecular complexity index is 315. The lowest BCUT2D eigenvalue weighted by Crippen LogP contribution is -2.04. The number of benzene rings is 1. The first-order chi connectivity index (χ1) is 5.77. The lowest BCUT2D eigenvalue weighted by molar-refractivity contribution is 1.25. The van der Waals surface area contributed by atoms with Gasteiger partial charge in [-0.05, 0) is 13.0 Å². The zero-order valence-corrected chi connectivity index (χ0v) is 6.91. The third-order valence-corrected chi connectivity index (χ3v) is 1.59. The van der Waals surface area contributed by atoms with Crippen molar-refractivity contribution in [3.8, 4) is 0 Å². The van der Waals surface area contributed by atoms with Gasteiger partial charge >= 0.3 is 0 Å². The van der Waals surface area contributed by atoms with Crippen molar-refractivity contribution in [2.45, 2.75) is 6.92 Å². The van der Waals surface area contributed by atoms with E-state index < -0.39 is 0 Å². The fraction of sp³-hybridized carbons (Fsp3) is 0.111. The molecule has 12 heavy (non-hydrogen) atoms. The van der Waals surface area contributed by atoms with Crippen LogP contribution in [0.2, 0.25) is 0 Å². The van der Waals surface area contributed by atoms with E-state index in [2.05, 4.69) is 5.10 Å². The van der Waals surface area contributed by atoms with E-state index in [9.17, 15) is 0 Å². The summed E-state index contributed by atoms with van der Waals surface area (Å²) in [4.78, 5) is 0. The molecule has 1 rings (SSSR count). The van der Waals surface area contributed by atoms with Gasteiger partial charge in [-0.15, -0.1) is 0 Å². The van der Waals surface area contributed by atoms with Crippen LogP contribution in [0.4, 0.5) is 0 Å². The minimum absolute atomic E-state index is 0.499.